The van der Waals surface area contributed by atoms with E-state index in [-0.39, 0.29) is 25.9 Å². The highest BCUT2D eigenvalue weighted by molar-refractivity contribution is 6.40. The average molecular weight is 678 g/mol. The Kier molecular flexibility index (Phi) is 10.9. The van der Waals surface area contributed by atoms with E-state index in [9.17, 15) is 44.7 Å². The predicted octanol–water partition coefficient (Wildman–Crippen LogP) is 1.75. The Bertz CT molecular complexity index is 1360. The van der Waals surface area contributed by atoms with E-state index in [1.54, 1.807) is 71.9 Å². The van der Waals surface area contributed by atoms with E-state index in [1.165, 1.54) is 6.92 Å². The van der Waals surface area contributed by atoms with Crippen LogP contribution in [0.2, 0.25) is 0 Å². The Morgan fingerprint density at radius 2 is 1.73 bits per heavy atom. The molecule has 0 spiro atoms. The van der Waals surface area contributed by atoms with Crippen molar-refractivity contribution in [2.75, 3.05) is 6.61 Å². The molecule has 1 aromatic carbocycles. The molecule has 3 aliphatic rings. The number of benzene rings is 1. The van der Waals surface area contributed by atoms with Gasteiger partial charge in [-0.2, -0.15) is 0 Å². The first kappa shape index (κ1) is 37.9. The fourth-order valence-electron chi connectivity index (χ4n) is 7.75. The number of fused-ring (bicyclic) bond motifs is 3. The van der Waals surface area contributed by atoms with Crippen LogP contribution in [-0.2, 0) is 28.6 Å². The molecule has 1 aromatic rings. The zero-order valence-electron chi connectivity index (χ0n) is 28.7. The van der Waals surface area contributed by atoms with Crippen LogP contribution in [0.15, 0.2) is 30.3 Å². The summed E-state index contributed by atoms with van der Waals surface area (Å²) >= 11 is 0. The van der Waals surface area contributed by atoms with Crippen LogP contribution in [0.3, 0.4) is 0 Å². The molecule has 13 heteroatoms. The van der Waals surface area contributed by atoms with Crippen molar-refractivity contribution in [3.05, 3.63) is 35.9 Å². The minimum atomic E-state index is -2.10. The van der Waals surface area contributed by atoms with Crippen molar-refractivity contribution in [2.45, 2.75) is 128 Å². The summed E-state index contributed by atoms with van der Waals surface area (Å²) in [5.74, 6) is -6.55. The van der Waals surface area contributed by atoms with Crippen molar-refractivity contribution in [1.82, 2.24) is 5.32 Å². The molecule has 0 aromatic heterocycles. The molecule has 12 atom stereocenters. The second kappa shape index (κ2) is 13.8. The van der Waals surface area contributed by atoms with Gasteiger partial charge in [0.25, 0.3) is 0 Å². The molecule has 13 nitrogen and oxygen atoms in total. The molecule has 2 aliphatic carbocycles. The molecule has 48 heavy (non-hydrogen) atoms. The van der Waals surface area contributed by atoms with Gasteiger partial charge in [-0.25, -0.2) is 9.59 Å². The van der Waals surface area contributed by atoms with Crippen LogP contribution in [-0.4, -0.2) is 103 Å². The average Bonchev–Trinajstić information content (AvgIpc) is 3.02. The third kappa shape index (κ3) is 6.77. The zero-order valence-corrected chi connectivity index (χ0v) is 28.7. The van der Waals surface area contributed by atoms with E-state index in [1.807, 2.05) is 0 Å². The molecule has 1 amide bonds. The Morgan fingerprint density at radius 3 is 2.25 bits per heavy atom. The molecule has 1 aliphatic heterocycles. The highest BCUT2D eigenvalue weighted by Gasteiger charge is 2.71. The second-order valence-corrected chi connectivity index (χ2v) is 14.9. The molecule has 3 fully saturated rings. The van der Waals surface area contributed by atoms with Crippen molar-refractivity contribution in [1.29, 1.82) is 0 Å². The van der Waals surface area contributed by atoms with Crippen molar-refractivity contribution >= 4 is 23.6 Å². The molecule has 268 valence electrons. The van der Waals surface area contributed by atoms with Gasteiger partial charge in [-0.1, -0.05) is 51.1 Å². The SMILES string of the molecule is CCC1C(=O)C(=O)C2(C)C(O)CC3OCC3(O)C2C(O)C(O)(CC)CC(OC(=O)C(O)C(NC(=O)OC(C)(C)C)c2ccccc2)C1C. The molecule has 12 unspecified atom stereocenters. The third-order valence-electron chi connectivity index (χ3n) is 10.8. The van der Waals surface area contributed by atoms with E-state index in [4.69, 9.17) is 14.2 Å². The van der Waals surface area contributed by atoms with Gasteiger partial charge in [0, 0.05) is 30.6 Å². The fraction of sp³-hybridized carbons (Fsp3) is 0.714. The second-order valence-electron chi connectivity index (χ2n) is 14.9. The maximum atomic E-state index is 14.1. The van der Waals surface area contributed by atoms with Crippen molar-refractivity contribution in [3.8, 4) is 0 Å². The van der Waals surface area contributed by atoms with Crippen molar-refractivity contribution in [2.24, 2.45) is 23.2 Å². The summed E-state index contributed by atoms with van der Waals surface area (Å²) in [7, 11) is 0. The quantitative estimate of drug-likeness (QED) is 0.180. The summed E-state index contributed by atoms with van der Waals surface area (Å²) in [6.45, 7) is 10.8. The monoisotopic (exact) mass is 677 g/mol. The number of alkyl carbamates (subject to hydrolysis) is 1. The number of hydrogen-bond donors (Lipinski definition) is 6. The van der Waals surface area contributed by atoms with Crippen LogP contribution in [0.25, 0.3) is 0 Å². The molecule has 6 N–H and O–H groups in total. The summed E-state index contributed by atoms with van der Waals surface area (Å²) in [5, 5.41) is 60.9. The van der Waals surface area contributed by atoms with Crippen LogP contribution < -0.4 is 5.32 Å². The van der Waals surface area contributed by atoms with Gasteiger partial charge in [-0.3, -0.25) is 9.59 Å². The number of aliphatic hydroxyl groups excluding tert-OH is 3. The number of hydrogen-bond acceptors (Lipinski definition) is 12. The first-order chi connectivity index (χ1) is 22.2. The number of amides is 1. The number of ketones is 2. The van der Waals surface area contributed by atoms with Gasteiger partial charge in [0.15, 0.2) is 6.10 Å². The Hall–Kier alpha value is -2.94. The number of nitrogens with one attached hydrogen (secondary N) is 1. The number of carbonyl (C=O) groups excluding carboxylic acids is 4. The lowest BCUT2D eigenvalue weighted by Crippen LogP contribution is -2.78. The molecule has 2 saturated carbocycles. The Labute approximate surface area is 281 Å². The smallest absolute Gasteiger partial charge is 0.408 e. The van der Waals surface area contributed by atoms with Gasteiger partial charge in [0.05, 0.1) is 42.0 Å². The molecule has 1 saturated heterocycles. The largest absolute Gasteiger partial charge is 0.460 e. The topological polar surface area (TPSA) is 209 Å². The summed E-state index contributed by atoms with van der Waals surface area (Å²) in [6.07, 6.45) is -9.10. The molecular weight excluding hydrogens is 626 g/mol. The molecule has 4 rings (SSSR count). The maximum Gasteiger partial charge on any atom is 0.408 e. The Balaban J connectivity index is 1.73. The molecule has 0 radical (unpaired) electrons. The van der Waals surface area contributed by atoms with Crippen molar-refractivity contribution < 1.29 is 58.9 Å². The van der Waals surface area contributed by atoms with Gasteiger partial charge in [0.1, 0.15) is 17.3 Å². The first-order valence-corrected chi connectivity index (χ1v) is 16.7. The van der Waals surface area contributed by atoms with E-state index >= 15 is 0 Å². The van der Waals surface area contributed by atoms with Gasteiger partial charge in [-0.15, -0.1) is 0 Å². The van der Waals surface area contributed by atoms with E-state index in [2.05, 4.69) is 5.32 Å². The minimum absolute atomic E-state index is 0.120. The highest BCUT2D eigenvalue weighted by atomic mass is 16.6. The van der Waals surface area contributed by atoms with E-state index in [0.29, 0.717) is 5.56 Å². The molecule has 1 heterocycles. The number of ether oxygens (including phenoxy) is 3. The number of rotatable bonds is 7. The lowest BCUT2D eigenvalue weighted by molar-refractivity contribution is -0.337. The number of esters is 1. The van der Waals surface area contributed by atoms with Crippen LogP contribution in [0.1, 0.15) is 85.8 Å². The van der Waals surface area contributed by atoms with Gasteiger partial charge in [-0.05, 0) is 46.1 Å². The number of carbonyl (C=O) groups is 4. The minimum Gasteiger partial charge on any atom is -0.460 e. The summed E-state index contributed by atoms with van der Waals surface area (Å²) in [6, 6.07) is 6.88. The van der Waals surface area contributed by atoms with Gasteiger partial charge in [0.2, 0.25) is 11.6 Å². The van der Waals surface area contributed by atoms with Crippen molar-refractivity contribution in [3.63, 3.8) is 0 Å². The first-order valence-electron chi connectivity index (χ1n) is 16.7. The fourth-order valence-corrected chi connectivity index (χ4v) is 7.75. The van der Waals surface area contributed by atoms with E-state index < -0.39 is 107 Å². The number of aliphatic hydroxyl groups is 5. The zero-order chi connectivity index (χ0) is 36.0. The van der Waals surface area contributed by atoms with Crippen LogP contribution >= 0.6 is 0 Å². The maximum absolute atomic E-state index is 14.1. The normalized spacial score (nSPS) is 38.4. The third-order valence-corrected chi connectivity index (χ3v) is 10.8. The lowest BCUT2D eigenvalue weighted by Gasteiger charge is -2.63. The predicted molar refractivity (Wildman–Crippen MR) is 170 cm³/mol. The summed E-state index contributed by atoms with van der Waals surface area (Å²) in [4.78, 5) is 54.6. The highest BCUT2D eigenvalue weighted by Crippen LogP contribution is 2.56. The summed E-state index contributed by atoms with van der Waals surface area (Å²) in [5.41, 5.74) is -6.42. The van der Waals surface area contributed by atoms with Crippen LogP contribution in [0, 0.1) is 23.2 Å². The standard InChI is InChI=1S/C35H51NO12/c1-8-20-18(3)21(47-30(42)26(39)24(19-13-11-10-12-14-19)36-31(43)48-32(4,5)6)16-34(44,9-2)29(41)27-33(7,28(40)25(20)38)22(37)15-23-35(27,45)17-46-23/h10-14,18,20-24,26-27,29,37,39,41,44-45H,8-9,15-17H2,1-7H3,(H,36,43). The van der Waals surface area contributed by atoms with E-state index in [0.717, 1.165) is 0 Å². The number of Topliss-reactive ketones (excluding diaryl/α,β-unsaturated/α-hetero) is 2. The van der Waals surface area contributed by atoms with Crippen LogP contribution in [0.5, 0.6) is 0 Å². The molecule has 0 bridgehead atoms. The molecular formula is C35H51NO12. The van der Waals surface area contributed by atoms with Gasteiger partial charge < -0.3 is 45.1 Å². The Morgan fingerprint density at radius 1 is 1.10 bits per heavy atom. The van der Waals surface area contributed by atoms with Crippen LogP contribution in [0.4, 0.5) is 4.79 Å². The summed E-state index contributed by atoms with van der Waals surface area (Å²) < 4.78 is 16.7. The van der Waals surface area contributed by atoms with Gasteiger partial charge >= 0.3 is 12.1 Å². The lowest BCUT2D eigenvalue weighted by atomic mass is 9.50.